The first-order valence-corrected chi connectivity index (χ1v) is 15.2. The summed E-state index contributed by atoms with van der Waals surface area (Å²) in [5.74, 6) is -0.0995. The average Bonchev–Trinajstić information content (AvgIpc) is 3.37. The smallest absolute Gasteiger partial charge is 0.326 e. The number of anilines is 1. The SMILES string of the molecule is COCCC(=O)N1CCC[C@@H](NC(=O)C2=C3NC(=O)N(c4ccc(Oc5ccccc5)cc4F)C4CCNC(S2)C34)C1. The van der Waals surface area contributed by atoms with Crippen molar-refractivity contribution in [1.29, 1.82) is 0 Å². The van der Waals surface area contributed by atoms with Crippen molar-refractivity contribution in [3.8, 4) is 11.5 Å². The van der Waals surface area contributed by atoms with E-state index in [2.05, 4.69) is 16.0 Å². The van der Waals surface area contributed by atoms with E-state index < -0.39 is 11.8 Å². The van der Waals surface area contributed by atoms with Crippen molar-refractivity contribution in [1.82, 2.24) is 20.9 Å². The summed E-state index contributed by atoms with van der Waals surface area (Å²) in [7, 11) is 1.56. The van der Waals surface area contributed by atoms with E-state index in [1.165, 1.54) is 22.7 Å². The fourth-order valence-electron chi connectivity index (χ4n) is 6.19. The van der Waals surface area contributed by atoms with E-state index >= 15 is 4.39 Å². The number of carbonyl (C=O) groups excluding carboxylic acids is 3. The number of methoxy groups -OCH3 is 1. The number of thioether (sulfide) groups is 1. The Bertz CT molecular complexity index is 1390. The molecule has 0 radical (unpaired) electrons. The highest BCUT2D eigenvalue weighted by Crippen LogP contribution is 2.48. The van der Waals surface area contributed by atoms with Crippen LogP contribution >= 0.6 is 11.8 Å². The van der Waals surface area contributed by atoms with Gasteiger partial charge in [0, 0.05) is 43.9 Å². The number of nitrogens with one attached hydrogen (secondary N) is 3. The Labute approximate surface area is 248 Å². The maximum Gasteiger partial charge on any atom is 0.326 e. The molecule has 3 saturated heterocycles. The largest absolute Gasteiger partial charge is 0.457 e. The van der Waals surface area contributed by atoms with Gasteiger partial charge >= 0.3 is 6.03 Å². The van der Waals surface area contributed by atoms with Gasteiger partial charge in [0.2, 0.25) is 5.91 Å². The first kappa shape index (κ1) is 28.5. The lowest BCUT2D eigenvalue weighted by atomic mass is 9.86. The number of ether oxygens (including phenoxy) is 2. The minimum absolute atomic E-state index is 0.0117. The molecule has 4 atom stereocenters. The molecule has 0 saturated carbocycles. The highest BCUT2D eigenvalue weighted by Gasteiger charge is 2.52. The first-order valence-electron chi connectivity index (χ1n) is 14.3. The molecule has 10 nitrogen and oxygen atoms in total. The van der Waals surface area contributed by atoms with E-state index in [9.17, 15) is 14.4 Å². The molecule has 12 heteroatoms. The molecule has 6 rings (SSSR count). The Balaban J connectivity index is 1.18. The Hall–Kier alpha value is -3.61. The van der Waals surface area contributed by atoms with Crippen LogP contribution in [0.1, 0.15) is 25.7 Å². The third-order valence-corrected chi connectivity index (χ3v) is 9.49. The Morgan fingerprint density at radius 2 is 1.98 bits per heavy atom. The van der Waals surface area contributed by atoms with Crippen molar-refractivity contribution in [2.24, 2.45) is 5.92 Å². The first-order chi connectivity index (χ1) is 20.4. The zero-order chi connectivity index (χ0) is 29.2. The maximum atomic E-state index is 15.5. The second-order valence-electron chi connectivity index (χ2n) is 10.8. The number of nitrogens with zero attached hydrogens (tertiary/aromatic N) is 2. The van der Waals surface area contributed by atoms with Crippen LogP contribution in [0.2, 0.25) is 0 Å². The van der Waals surface area contributed by atoms with Crippen molar-refractivity contribution >= 4 is 35.3 Å². The lowest BCUT2D eigenvalue weighted by molar-refractivity contribution is -0.134. The van der Waals surface area contributed by atoms with Gasteiger partial charge in [-0.3, -0.25) is 14.5 Å². The van der Waals surface area contributed by atoms with Gasteiger partial charge in [-0.25, -0.2) is 9.18 Å². The van der Waals surface area contributed by atoms with Gasteiger partial charge in [0.1, 0.15) is 11.5 Å². The third-order valence-electron chi connectivity index (χ3n) is 8.13. The molecule has 4 aliphatic rings. The molecule has 0 spiro atoms. The molecule has 42 heavy (non-hydrogen) atoms. The summed E-state index contributed by atoms with van der Waals surface area (Å²) in [6.45, 7) is 2.10. The molecule has 0 bridgehead atoms. The molecule has 2 aromatic carbocycles. The number of urea groups is 1. The Morgan fingerprint density at radius 1 is 1.14 bits per heavy atom. The van der Waals surface area contributed by atoms with Gasteiger partial charge in [-0.2, -0.15) is 0 Å². The van der Waals surface area contributed by atoms with E-state index in [0.29, 0.717) is 61.2 Å². The molecule has 2 aromatic rings. The summed E-state index contributed by atoms with van der Waals surface area (Å²) in [5, 5.41) is 9.35. The van der Waals surface area contributed by atoms with Gasteiger partial charge in [-0.15, -0.1) is 0 Å². The lowest BCUT2D eigenvalue weighted by Gasteiger charge is -2.45. The summed E-state index contributed by atoms with van der Waals surface area (Å²) >= 11 is 1.40. The standard InChI is InChI=1S/C30H34FN5O5S/c1-40-15-12-24(37)35-14-5-6-18(17-35)33-28(38)27-26-25-23(11-13-32-29(25)42-27)36(30(39)34-26)22-10-9-20(16-21(22)31)41-19-7-3-2-4-8-19/h2-4,7-10,16,18,23,25,29,32H,5-6,11-15,17H2,1H3,(H,33,38)(H,34,39)/t18-,23?,25?,29?/m1/s1. The van der Waals surface area contributed by atoms with E-state index in [4.69, 9.17) is 9.47 Å². The van der Waals surface area contributed by atoms with Crippen LogP contribution < -0.4 is 25.6 Å². The minimum atomic E-state index is -0.563. The van der Waals surface area contributed by atoms with Gasteiger partial charge < -0.3 is 30.3 Å². The summed E-state index contributed by atoms with van der Waals surface area (Å²) in [4.78, 5) is 43.2. The summed E-state index contributed by atoms with van der Waals surface area (Å²) in [5.41, 5.74) is 0.746. The number of piperidine rings is 2. The quantitative estimate of drug-likeness (QED) is 0.428. The molecule has 3 unspecified atom stereocenters. The molecular weight excluding hydrogens is 561 g/mol. The summed E-state index contributed by atoms with van der Waals surface area (Å²) in [6.07, 6.45) is 2.48. The zero-order valence-electron chi connectivity index (χ0n) is 23.3. The normalized spacial score (nSPS) is 25.1. The average molecular weight is 596 g/mol. The van der Waals surface area contributed by atoms with Crippen molar-refractivity contribution in [3.05, 3.63) is 65.0 Å². The number of amides is 4. The number of hydrogen-bond acceptors (Lipinski definition) is 7. The number of rotatable bonds is 8. The number of carbonyl (C=O) groups is 3. The molecule has 222 valence electrons. The van der Waals surface area contributed by atoms with Crippen molar-refractivity contribution < 1.29 is 28.2 Å². The summed E-state index contributed by atoms with van der Waals surface area (Å²) < 4.78 is 26.3. The van der Waals surface area contributed by atoms with Crippen molar-refractivity contribution in [3.63, 3.8) is 0 Å². The zero-order valence-corrected chi connectivity index (χ0v) is 24.1. The van der Waals surface area contributed by atoms with Gasteiger partial charge in [0.05, 0.1) is 35.0 Å². The van der Waals surface area contributed by atoms with Crippen LogP contribution in [0.4, 0.5) is 14.9 Å². The topological polar surface area (TPSA) is 112 Å². The Kier molecular flexibility index (Phi) is 8.36. The van der Waals surface area contributed by atoms with Crippen LogP contribution in [0.15, 0.2) is 59.1 Å². The second-order valence-corrected chi connectivity index (χ2v) is 12.0. The fourth-order valence-corrected chi connectivity index (χ4v) is 7.59. The van der Waals surface area contributed by atoms with Crippen molar-refractivity contribution in [2.45, 2.75) is 43.1 Å². The van der Waals surface area contributed by atoms with Crippen LogP contribution in [0.25, 0.3) is 0 Å². The highest BCUT2D eigenvalue weighted by atomic mass is 32.2. The molecule has 3 N–H and O–H groups in total. The van der Waals surface area contributed by atoms with E-state index in [0.717, 1.165) is 12.8 Å². The predicted octanol–water partition coefficient (Wildman–Crippen LogP) is 3.55. The monoisotopic (exact) mass is 595 g/mol. The molecule has 0 aliphatic carbocycles. The molecule has 0 aromatic heterocycles. The molecule has 4 aliphatic heterocycles. The Morgan fingerprint density at radius 3 is 2.76 bits per heavy atom. The third kappa shape index (κ3) is 5.70. The molecule has 3 fully saturated rings. The van der Waals surface area contributed by atoms with Gasteiger partial charge in [-0.05, 0) is 50.1 Å². The van der Waals surface area contributed by atoms with Gasteiger partial charge in [-0.1, -0.05) is 30.0 Å². The molecule has 4 heterocycles. The van der Waals surface area contributed by atoms with Crippen LogP contribution in [-0.2, 0) is 14.3 Å². The fraction of sp³-hybridized carbons (Fsp3) is 0.433. The number of benzene rings is 2. The van der Waals surface area contributed by atoms with Crippen molar-refractivity contribution in [2.75, 3.05) is 38.3 Å². The predicted molar refractivity (Wildman–Crippen MR) is 156 cm³/mol. The van der Waals surface area contributed by atoms with E-state index in [1.807, 2.05) is 18.2 Å². The second kappa shape index (κ2) is 12.3. The number of hydrogen-bond donors (Lipinski definition) is 3. The maximum absolute atomic E-state index is 15.5. The van der Waals surface area contributed by atoms with Gasteiger partial charge in [0.15, 0.2) is 5.82 Å². The van der Waals surface area contributed by atoms with Crippen LogP contribution in [-0.4, -0.2) is 73.6 Å². The molecular formula is C30H34FN5O5S. The molecule has 4 amide bonds. The van der Waals surface area contributed by atoms with E-state index in [-0.39, 0.29) is 40.9 Å². The number of para-hydroxylation sites is 1. The number of likely N-dealkylation sites (tertiary alicyclic amines) is 1. The van der Waals surface area contributed by atoms with E-state index in [1.54, 1.807) is 36.3 Å². The number of halogens is 1. The van der Waals surface area contributed by atoms with Crippen LogP contribution in [0.5, 0.6) is 11.5 Å². The van der Waals surface area contributed by atoms with Gasteiger partial charge in [0.25, 0.3) is 5.91 Å². The highest BCUT2D eigenvalue weighted by molar-refractivity contribution is 8.04. The summed E-state index contributed by atoms with van der Waals surface area (Å²) in [6, 6.07) is 12.6. The van der Waals surface area contributed by atoms with Crippen LogP contribution in [0.3, 0.4) is 0 Å². The minimum Gasteiger partial charge on any atom is -0.457 e. The van der Waals surface area contributed by atoms with Crippen LogP contribution in [0, 0.1) is 11.7 Å². The lowest BCUT2D eigenvalue weighted by Crippen LogP contribution is -2.62.